The second kappa shape index (κ2) is 10.2. The van der Waals surface area contributed by atoms with Gasteiger partial charge in [0.15, 0.2) is 5.17 Å². The summed E-state index contributed by atoms with van der Waals surface area (Å²) in [6, 6.07) is 8.88. The van der Waals surface area contributed by atoms with Crippen LogP contribution in [0.1, 0.15) is 71.8 Å². The molecule has 162 valence electrons. The number of amidine groups is 1. The summed E-state index contributed by atoms with van der Waals surface area (Å²) in [5.74, 6) is 0.0757. The lowest BCUT2D eigenvalue weighted by molar-refractivity contribution is -0.117. The van der Waals surface area contributed by atoms with Gasteiger partial charge in [0.25, 0.3) is 0 Å². The zero-order chi connectivity index (χ0) is 20.3. The molecule has 6 heteroatoms. The van der Waals surface area contributed by atoms with Gasteiger partial charge in [0, 0.05) is 24.4 Å². The van der Waals surface area contributed by atoms with E-state index >= 15 is 0 Å². The summed E-state index contributed by atoms with van der Waals surface area (Å²) >= 11 is 1.82. The van der Waals surface area contributed by atoms with Crippen LogP contribution >= 0.6 is 24.2 Å². The van der Waals surface area contributed by atoms with Gasteiger partial charge in [-0.05, 0) is 36.0 Å². The third-order valence-corrected chi connectivity index (χ3v) is 7.22. The summed E-state index contributed by atoms with van der Waals surface area (Å²) in [6.07, 6.45) is 6.86. The van der Waals surface area contributed by atoms with Gasteiger partial charge in [0.1, 0.15) is 0 Å². The van der Waals surface area contributed by atoms with Crippen molar-refractivity contribution in [2.75, 3.05) is 12.4 Å². The Balaban J connectivity index is 0.00000300. The number of carbonyl (C=O) groups excluding carboxylic acids is 1. The summed E-state index contributed by atoms with van der Waals surface area (Å²) in [5.41, 5.74) is 2.26. The molecule has 1 saturated heterocycles. The van der Waals surface area contributed by atoms with Crippen molar-refractivity contribution in [3.05, 3.63) is 29.8 Å². The van der Waals surface area contributed by atoms with Gasteiger partial charge in [-0.15, -0.1) is 12.4 Å². The molecule has 29 heavy (non-hydrogen) atoms. The summed E-state index contributed by atoms with van der Waals surface area (Å²) in [5, 5.41) is 4.56. The second-order valence-corrected chi connectivity index (χ2v) is 10.6. The number of rotatable bonds is 4. The number of hydrogen-bond acceptors (Lipinski definition) is 3. The molecule has 0 radical (unpaired) electrons. The molecule has 1 saturated carbocycles. The highest BCUT2D eigenvalue weighted by Gasteiger charge is 2.36. The molecule has 2 aliphatic rings. The number of nitrogens with one attached hydrogen (secondary N) is 1. The summed E-state index contributed by atoms with van der Waals surface area (Å²) in [6.45, 7) is 8.80. The molecule has 4 nitrogen and oxygen atoms in total. The highest BCUT2D eigenvalue weighted by molar-refractivity contribution is 8.14. The fourth-order valence-corrected chi connectivity index (χ4v) is 5.31. The van der Waals surface area contributed by atoms with Crippen LogP contribution in [0.2, 0.25) is 0 Å². The Kier molecular flexibility index (Phi) is 8.48. The molecule has 0 bridgehead atoms. The second-order valence-electron chi connectivity index (χ2n) is 9.28. The van der Waals surface area contributed by atoms with Crippen molar-refractivity contribution in [2.24, 2.45) is 4.99 Å². The maximum Gasteiger partial charge on any atom is 0.226 e. The first-order valence-electron chi connectivity index (χ1n) is 10.6. The maximum absolute atomic E-state index is 12.7. The Hall–Kier alpha value is -1.20. The molecule has 1 heterocycles. The molecule has 1 aliphatic carbocycles. The molecule has 3 rings (SSSR count). The molecule has 1 aromatic rings. The van der Waals surface area contributed by atoms with E-state index in [1.54, 1.807) is 0 Å². The van der Waals surface area contributed by atoms with Gasteiger partial charge >= 0.3 is 0 Å². The van der Waals surface area contributed by atoms with Crippen molar-refractivity contribution in [3.8, 4) is 0 Å². The van der Waals surface area contributed by atoms with Crippen molar-refractivity contribution in [1.82, 2.24) is 4.90 Å². The Morgan fingerprint density at radius 1 is 1.17 bits per heavy atom. The lowest BCUT2D eigenvalue weighted by atomic mass is 9.87. The first-order chi connectivity index (χ1) is 13.2. The average molecular weight is 438 g/mol. The molecule has 1 aromatic carbocycles. The van der Waals surface area contributed by atoms with Gasteiger partial charge in [-0.1, -0.05) is 70.9 Å². The van der Waals surface area contributed by atoms with Crippen LogP contribution in [0.3, 0.4) is 0 Å². The summed E-state index contributed by atoms with van der Waals surface area (Å²) in [7, 11) is 2.09. The van der Waals surface area contributed by atoms with Gasteiger partial charge in [-0.3, -0.25) is 9.79 Å². The van der Waals surface area contributed by atoms with E-state index in [0.29, 0.717) is 17.7 Å². The predicted molar refractivity (Wildman–Crippen MR) is 129 cm³/mol. The Morgan fingerprint density at radius 2 is 1.79 bits per heavy atom. The van der Waals surface area contributed by atoms with E-state index in [-0.39, 0.29) is 29.8 Å². The number of benzene rings is 1. The first kappa shape index (κ1) is 24.1. The minimum Gasteiger partial charge on any atom is -0.350 e. The van der Waals surface area contributed by atoms with Gasteiger partial charge in [0.2, 0.25) is 5.91 Å². The van der Waals surface area contributed by atoms with Crippen LogP contribution in [-0.4, -0.2) is 40.4 Å². The van der Waals surface area contributed by atoms with E-state index in [9.17, 15) is 4.79 Å². The number of nitrogens with zero attached hydrogens (tertiary/aromatic N) is 2. The van der Waals surface area contributed by atoms with Crippen LogP contribution in [0, 0.1) is 0 Å². The minimum absolute atomic E-state index is 0. The molecule has 0 spiro atoms. The van der Waals surface area contributed by atoms with Gasteiger partial charge in [0.05, 0.1) is 12.1 Å². The Labute approximate surface area is 186 Å². The monoisotopic (exact) mass is 437 g/mol. The molecular weight excluding hydrogens is 402 g/mol. The van der Waals surface area contributed by atoms with Crippen molar-refractivity contribution >= 4 is 40.9 Å². The van der Waals surface area contributed by atoms with Gasteiger partial charge in [-0.25, -0.2) is 0 Å². The average Bonchev–Trinajstić information content (AvgIpc) is 2.90. The van der Waals surface area contributed by atoms with E-state index in [4.69, 9.17) is 4.99 Å². The predicted octanol–water partition coefficient (Wildman–Crippen LogP) is 5.86. The molecule has 1 N–H and O–H groups in total. The molecule has 1 aliphatic heterocycles. The van der Waals surface area contributed by atoms with Crippen molar-refractivity contribution in [2.45, 2.75) is 89.0 Å². The number of hydrogen-bond donors (Lipinski definition) is 1. The van der Waals surface area contributed by atoms with E-state index in [1.165, 1.54) is 37.7 Å². The number of carbonyl (C=O) groups is 1. The van der Waals surface area contributed by atoms with Crippen LogP contribution in [0.5, 0.6) is 0 Å². The van der Waals surface area contributed by atoms with E-state index in [0.717, 1.165) is 10.9 Å². The van der Waals surface area contributed by atoms with E-state index in [2.05, 4.69) is 57.1 Å². The van der Waals surface area contributed by atoms with Gasteiger partial charge < -0.3 is 10.2 Å². The molecule has 0 aromatic heterocycles. The molecule has 2 fully saturated rings. The molecule has 2 atom stereocenters. The van der Waals surface area contributed by atoms with Crippen LogP contribution in [-0.2, 0) is 10.2 Å². The number of anilines is 1. The normalized spacial score (nSPS) is 24.4. The van der Waals surface area contributed by atoms with E-state index < -0.39 is 0 Å². The quantitative estimate of drug-likeness (QED) is 0.641. The molecule has 2 unspecified atom stereocenters. The molecular formula is C23H36ClN3OS. The first-order valence-corrected chi connectivity index (χ1v) is 11.5. The fourth-order valence-electron chi connectivity index (χ4n) is 4.03. The Morgan fingerprint density at radius 3 is 2.38 bits per heavy atom. The third kappa shape index (κ3) is 6.39. The number of halogens is 1. The summed E-state index contributed by atoms with van der Waals surface area (Å²) in [4.78, 5) is 19.9. The third-order valence-electron chi connectivity index (χ3n) is 5.93. The zero-order valence-corrected chi connectivity index (χ0v) is 20.0. The lowest BCUT2D eigenvalue weighted by Gasteiger charge is -2.24. The largest absolute Gasteiger partial charge is 0.350 e. The maximum atomic E-state index is 12.7. The van der Waals surface area contributed by atoms with Crippen LogP contribution in [0.4, 0.5) is 5.69 Å². The van der Waals surface area contributed by atoms with Crippen LogP contribution in [0.15, 0.2) is 29.3 Å². The van der Waals surface area contributed by atoms with Crippen molar-refractivity contribution in [1.29, 1.82) is 0 Å². The highest BCUT2D eigenvalue weighted by Crippen LogP contribution is 2.34. The Bertz CT molecular complexity index is 708. The van der Waals surface area contributed by atoms with E-state index in [1.807, 2.05) is 23.9 Å². The van der Waals surface area contributed by atoms with Gasteiger partial charge in [-0.2, -0.15) is 0 Å². The summed E-state index contributed by atoms with van der Waals surface area (Å²) < 4.78 is 0. The number of aliphatic imine (C=N–C) groups is 1. The van der Waals surface area contributed by atoms with Crippen molar-refractivity contribution in [3.63, 3.8) is 0 Å². The smallest absolute Gasteiger partial charge is 0.226 e. The van der Waals surface area contributed by atoms with Crippen molar-refractivity contribution < 1.29 is 4.79 Å². The molecule has 1 amide bonds. The zero-order valence-electron chi connectivity index (χ0n) is 18.4. The number of thioether (sulfide) groups is 1. The fraction of sp³-hybridized carbons (Fsp3) is 0.652. The topological polar surface area (TPSA) is 44.7 Å². The van der Waals surface area contributed by atoms with Crippen LogP contribution < -0.4 is 5.32 Å². The lowest BCUT2D eigenvalue weighted by Crippen LogP contribution is -2.36. The minimum atomic E-state index is 0. The standard InChI is InChI=1S/C23H35N3OS.ClH/c1-16-20(26(5)22(28-16)25-18-9-7-6-8-10-18)15-21(27)24-19-13-11-17(12-14-19)23(2,3)4;/h11-14,16,18,20H,6-10,15H2,1-5H3,(H,24,27);1H/b25-22-;. The van der Waals surface area contributed by atoms with Crippen LogP contribution in [0.25, 0.3) is 0 Å². The highest BCUT2D eigenvalue weighted by atomic mass is 35.5. The SMILES string of the molecule is CC1S/C(=N\C2CCCCC2)N(C)C1CC(=O)Nc1ccc(C(C)(C)C)cc1.Cl. The number of amides is 1.